The third-order valence-electron chi connectivity index (χ3n) is 6.36. The highest BCUT2D eigenvalue weighted by Gasteiger charge is 2.35. The van der Waals surface area contributed by atoms with Crippen molar-refractivity contribution in [3.05, 3.63) is 77.4 Å². The number of amides is 3. The summed E-state index contributed by atoms with van der Waals surface area (Å²) in [5.41, 5.74) is 3.37. The largest absolute Gasteiger partial charge is 0.352 e. The van der Waals surface area contributed by atoms with E-state index in [1.54, 1.807) is 11.0 Å². The average molecular weight is 458 g/mol. The molecule has 1 heterocycles. The van der Waals surface area contributed by atoms with E-state index in [2.05, 4.69) is 5.32 Å². The van der Waals surface area contributed by atoms with Crippen molar-refractivity contribution in [1.29, 1.82) is 0 Å². The molecular weight excluding hydrogens is 426 g/mol. The van der Waals surface area contributed by atoms with E-state index in [1.807, 2.05) is 82.3 Å². The van der Waals surface area contributed by atoms with Gasteiger partial charge in [-0.1, -0.05) is 55.5 Å². The number of rotatable bonds is 8. The van der Waals surface area contributed by atoms with Gasteiger partial charge < -0.3 is 10.2 Å². The first-order chi connectivity index (χ1) is 16.3. The number of carbonyl (C=O) groups excluding carboxylic acids is 3. The van der Waals surface area contributed by atoms with Crippen LogP contribution < -0.4 is 10.2 Å². The Kier molecular flexibility index (Phi) is 6.68. The van der Waals surface area contributed by atoms with Crippen LogP contribution in [-0.4, -0.2) is 41.2 Å². The molecule has 6 heteroatoms. The second-order valence-corrected chi connectivity index (χ2v) is 9.11. The number of anilines is 1. The smallest absolute Gasteiger partial charge is 0.259 e. The molecule has 0 saturated carbocycles. The van der Waals surface area contributed by atoms with Gasteiger partial charge in [0.05, 0.1) is 5.69 Å². The summed E-state index contributed by atoms with van der Waals surface area (Å²) in [7, 11) is 0. The molecule has 4 rings (SSSR count). The van der Waals surface area contributed by atoms with Crippen molar-refractivity contribution in [3.63, 3.8) is 0 Å². The van der Waals surface area contributed by atoms with Crippen molar-refractivity contribution in [1.82, 2.24) is 10.2 Å². The molecule has 6 nitrogen and oxygen atoms in total. The van der Waals surface area contributed by atoms with Crippen molar-refractivity contribution in [2.75, 3.05) is 11.4 Å². The Bertz CT molecular complexity index is 1250. The molecule has 1 N–H and O–H groups in total. The van der Waals surface area contributed by atoms with Gasteiger partial charge in [-0.25, -0.2) is 0 Å². The van der Waals surface area contributed by atoms with Gasteiger partial charge in [-0.05, 0) is 55.8 Å². The standard InChI is InChI=1S/C28H31N3O3/c1-5-23(27(33)29-18(2)3)30(16-21-11-7-6-10-19(21)4)25(32)17-31-24-15-9-13-20-12-8-14-22(26(20)24)28(31)34/h6-15,18,23H,5,16-17H2,1-4H3,(H,29,33)/t23-/m1/s1. The van der Waals surface area contributed by atoms with Gasteiger partial charge >= 0.3 is 0 Å². The molecule has 1 aliphatic rings. The second kappa shape index (κ2) is 9.67. The zero-order chi connectivity index (χ0) is 24.4. The van der Waals surface area contributed by atoms with Crippen LogP contribution in [0.2, 0.25) is 0 Å². The fraction of sp³-hybridized carbons (Fsp3) is 0.321. The summed E-state index contributed by atoms with van der Waals surface area (Å²) in [5, 5.41) is 4.79. The molecule has 0 bridgehead atoms. The quantitative estimate of drug-likeness (QED) is 0.544. The van der Waals surface area contributed by atoms with Crippen LogP contribution in [0.15, 0.2) is 60.7 Å². The summed E-state index contributed by atoms with van der Waals surface area (Å²) in [4.78, 5) is 43.2. The van der Waals surface area contributed by atoms with E-state index in [4.69, 9.17) is 0 Å². The number of hydrogen-bond acceptors (Lipinski definition) is 3. The van der Waals surface area contributed by atoms with E-state index < -0.39 is 6.04 Å². The Hall–Kier alpha value is -3.67. The van der Waals surface area contributed by atoms with Crippen LogP contribution in [0.3, 0.4) is 0 Å². The van der Waals surface area contributed by atoms with E-state index in [0.29, 0.717) is 18.5 Å². The lowest BCUT2D eigenvalue weighted by Crippen LogP contribution is -2.53. The molecule has 0 spiro atoms. The molecule has 176 valence electrons. The van der Waals surface area contributed by atoms with E-state index in [-0.39, 0.29) is 30.3 Å². The second-order valence-electron chi connectivity index (χ2n) is 9.11. The first-order valence-corrected chi connectivity index (χ1v) is 11.8. The number of aryl methyl sites for hydroxylation is 1. The molecular formula is C28H31N3O3. The fourth-order valence-corrected chi connectivity index (χ4v) is 4.63. The number of benzene rings is 3. The Balaban J connectivity index is 1.67. The lowest BCUT2D eigenvalue weighted by molar-refractivity contribution is -0.140. The Morgan fingerprint density at radius 1 is 1.00 bits per heavy atom. The zero-order valence-corrected chi connectivity index (χ0v) is 20.2. The number of nitrogens with zero attached hydrogens (tertiary/aromatic N) is 2. The molecule has 3 aromatic rings. The lowest BCUT2D eigenvalue weighted by Gasteiger charge is -2.33. The molecule has 0 aromatic heterocycles. The Morgan fingerprint density at radius 2 is 1.71 bits per heavy atom. The van der Waals surface area contributed by atoms with Gasteiger partial charge in [0, 0.05) is 23.5 Å². The normalized spacial score (nSPS) is 13.4. The third-order valence-corrected chi connectivity index (χ3v) is 6.36. The maximum Gasteiger partial charge on any atom is 0.259 e. The highest BCUT2D eigenvalue weighted by molar-refractivity contribution is 6.26. The summed E-state index contributed by atoms with van der Waals surface area (Å²) in [6.07, 6.45) is 0.472. The molecule has 3 aromatic carbocycles. The van der Waals surface area contributed by atoms with E-state index in [9.17, 15) is 14.4 Å². The van der Waals surface area contributed by atoms with Crippen LogP contribution >= 0.6 is 0 Å². The van der Waals surface area contributed by atoms with Crippen molar-refractivity contribution >= 4 is 34.2 Å². The van der Waals surface area contributed by atoms with Gasteiger partial charge in [0.15, 0.2) is 0 Å². The first kappa shape index (κ1) is 23.5. The summed E-state index contributed by atoms with van der Waals surface area (Å²) in [6.45, 7) is 7.88. The summed E-state index contributed by atoms with van der Waals surface area (Å²) >= 11 is 0. The minimum atomic E-state index is -0.634. The van der Waals surface area contributed by atoms with Crippen LogP contribution in [0.1, 0.15) is 48.7 Å². The van der Waals surface area contributed by atoms with Crippen LogP contribution in [0, 0.1) is 6.92 Å². The van der Waals surface area contributed by atoms with Crippen molar-refractivity contribution in [3.8, 4) is 0 Å². The highest BCUT2D eigenvalue weighted by atomic mass is 16.2. The van der Waals surface area contributed by atoms with Gasteiger partial charge in [0.25, 0.3) is 5.91 Å². The number of carbonyl (C=O) groups is 3. The SMILES string of the molecule is CC[C@H](C(=O)NC(C)C)N(Cc1ccccc1C)C(=O)CN1C(=O)c2cccc3cccc1c23. The third kappa shape index (κ3) is 4.40. The predicted molar refractivity (Wildman–Crippen MR) is 135 cm³/mol. The first-order valence-electron chi connectivity index (χ1n) is 11.8. The number of nitrogens with one attached hydrogen (secondary N) is 1. The maximum atomic E-state index is 13.8. The van der Waals surface area contributed by atoms with Crippen LogP contribution in [-0.2, 0) is 16.1 Å². The van der Waals surface area contributed by atoms with Crippen molar-refractivity contribution in [2.45, 2.75) is 52.7 Å². The Morgan fingerprint density at radius 3 is 2.38 bits per heavy atom. The van der Waals surface area contributed by atoms with Gasteiger partial charge in [0.1, 0.15) is 12.6 Å². The molecule has 1 aliphatic heterocycles. The summed E-state index contributed by atoms with van der Waals surface area (Å²) in [5.74, 6) is -0.625. The predicted octanol–water partition coefficient (Wildman–Crippen LogP) is 4.44. The fourth-order valence-electron chi connectivity index (χ4n) is 4.63. The Labute approximate surface area is 200 Å². The van der Waals surface area contributed by atoms with Crippen molar-refractivity contribution < 1.29 is 14.4 Å². The van der Waals surface area contributed by atoms with Crippen molar-refractivity contribution in [2.24, 2.45) is 0 Å². The molecule has 0 radical (unpaired) electrons. The highest BCUT2D eigenvalue weighted by Crippen LogP contribution is 2.37. The number of hydrogen-bond donors (Lipinski definition) is 1. The minimum Gasteiger partial charge on any atom is -0.352 e. The monoisotopic (exact) mass is 457 g/mol. The molecule has 1 atom stereocenters. The molecule has 34 heavy (non-hydrogen) atoms. The summed E-state index contributed by atoms with van der Waals surface area (Å²) < 4.78 is 0. The van der Waals surface area contributed by atoms with E-state index in [0.717, 1.165) is 27.6 Å². The minimum absolute atomic E-state index is 0.0378. The van der Waals surface area contributed by atoms with E-state index >= 15 is 0 Å². The van der Waals surface area contributed by atoms with Crippen LogP contribution in [0.25, 0.3) is 10.8 Å². The van der Waals surface area contributed by atoms with Crippen LogP contribution in [0.4, 0.5) is 5.69 Å². The molecule has 0 unspecified atom stereocenters. The van der Waals surface area contributed by atoms with Gasteiger partial charge in [-0.3, -0.25) is 19.3 Å². The van der Waals surface area contributed by atoms with Crippen LogP contribution in [0.5, 0.6) is 0 Å². The van der Waals surface area contributed by atoms with Gasteiger partial charge in [-0.2, -0.15) is 0 Å². The van der Waals surface area contributed by atoms with Gasteiger partial charge in [0.2, 0.25) is 11.8 Å². The topological polar surface area (TPSA) is 69.7 Å². The maximum absolute atomic E-state index is 13.8. The van der Waals surface area contributed by atoms with Gasteiger partial charge in [-0.15, -0.1) is 0 Å². The molecule has 0 fully saturated rings. The summed E-state index contributed by atoms with van der Waals surface area (Å²) in [6, 6.07) is 18.5. The molecule has 0 aliphatic carbocycles. The average Bonchev–Trinajstić information content (AvgIpc) is 3.07. The zero-order valence-electron chi connectivity index (χ0n) is 20.2. The molecule has 0 saturated heterocycles. The van der Waals surface area contributed by atoms with E-state index in [1.165, 1.54) is 4.90 Å². The lowest BCUT2D eigenvalue weighted by atomic mass is 10.1. The molecule has 3 amide bonds.